The van der Waals surface area contributed by atoms with E-state index in [9.17, 15) is 0 Å². The Labute approximate surface area is 129 Å². The van der Waals surface area contributed by atoms with Crippen LogP contribution < -0.4 is 0 Å². The van der Waals surface area contributed by atoms with E-state index in [1.54, 1.807) is 0 Å². The fourth-order valence-corrected chi connectivity index (χ4v) is 3.33. The van der Waals surface area contributed by atoms with Gasteiger partial charge in [-0.25, -0.2) is 0 Å². The third-order valence-corrected chi connectivity index (χ3v) is 4.40. The predicted octanol–water partition coefficient (Wildman–Crippen LogP) is 3.91. The number of benzene rings is 1. The number of nitrogens with zero attached hydrogens (tertiary/aromatic N) is 4. The van der Waals surface area contributed by atoms with Crippen LogP contribution >= 0.6 is 0 Å². The molecule has 1 aromatic carbocycles. The van der Waals surface area contributed by atoms with Crippen LogP contribution in [0.5, 0.6) is 0 Å². The number of hydrogen-bond acceptors (Lipinski definition) is 2. The first-order valence-corrected chi connectivity index (χ1v) is 7.54. The molecule has 0 bridgehead atoms. The summed E-state index contributed by atoms with van der Waals surface area (Å²) in [5, 5.41) is 8.41. The minimum atomic E-state index is 0.285. The van der Waals surface area contributed by atoms with Crippen molar-refractivity contribution >= 4 is 16.7 Å². The highest BCUT2D eigenvalue weighted by Gasteiger charge is 2.16. The van der Waals surface area contributed by atoms with Gasteiger partial charge in [0.1, 0.15) is 5.82 Å². The molecule has 3 aromatic heterocycles. The van der Waals surface area contributed by atoms with Crippen molar-refractivity contribution in [2.75, 3.05) is 0 Å². The summed E-state index contributed by atoms with van der Waals surface area (Å²) < 4.78 is 4.50. The van der Waals surface area contributed by atoms with Gasteiger partial charge in [0.05, 0.1) is 17.1 Å². The zero-order chi connectivity index (χ0) is 15.3. The van der Waals surface area contributed by atoms with Crippen LogP contribution in [0.25, 0.3) is 16.7 Å². The summed E-state index contributed by atoms with van der Waals surface area (Å²) in [5.74, 6) is 0.921. The predicted molar refractivity (Wildman–Crippen MR) is 88.2 cm³/mol. The highest BCUT2D eigenvalue weighted by Crippen LogP contribution is 2.28. The van der Waals surface area contributed by atoms with E-state index in [0.29, 0.717) is 0 Å². The summed E-state index contributed by atoms with van der Waals surface area (Å²) in [6, 6.07) is 17.3. The molecule has 110 valence electrons. The molecule has 0 saturated carbocycles. The zero-order valence-corrected chi connectivity index (χ0v) is 13.0. The Morgan fingerprint density at radius 1 is 0.909 bits per heavy atom. The standard InChI is InChI=1S/C18H18N4/c1-12-11-17-16(9-10-18-20-19-14(3)22(17)18)21(12)13(2)15-7-5-4-6-8-15/h4-11,13H,1-3H3/t13-/m0/s1. The molecular weight excluding hydrogens is 272 g/mol. The number of rotatable bonds is 2. The molecule has 1 atom stereocenters. The number of hydrogen-bond donors (Lipinski definition) is 0. The minimum Gasteiger partial charge on any atom is -0.336 e. The highest BCUT2D eigenvalue weighted by molar-refractivity contribution is 5.81. The lowest BCUT2D eigenvalue weighted by atomic mass is 10.1. The molecule has 4 heteroatoms. The van der Waals surface area contributed by atoms with E-state index in [-0.39, 0.29) is 6.04 Å². The van der Waals surface area contributed by atoms with Gasteiger partial charge >= 0.3 is 0 Å². The smallest absolute Gasteiger partial charge is 0.161 e. The largest absolute Gasteiger partial charge is 0.336 e. The quantitative estimate of drug-likeness (QED) is 0.561. The van der Waals surface area contributed by atoms with E-state index in [1.165, 1.54) is 22.3 Å². The Morgan fingerprint density at radius 2 is 1.68 bits per heavy atom. The number of aryl methyl sites for hydroxylation is 2. The molecule has 0 fully saturated rings. The van der Waals surface area contributed by atoms with Crippen molar-refractivity contribution in [1.29, 1.82) is 0 Å². The van der Waals surface area contributed by atoms with Crippen molar-refractivity contribution in [2.24, 2.45) is 0 Å². The second kappa shape index (κ2) is 4.70. The Kier molecular flexibility index (Phi) is 2.79. The Bertz CT molecular complexity index is 963. The summed E-state index contributed by atoms with van der Waals surface area (Å²) in [6.45, 7) is 6.39. The molecule has 0 spiro atoms. The van der Waals surface area contributed by atoms with Crippen molar-refractivity contribution in [3.05, 3.63) is 65.6 Å². The minimum absolute atomic E-state index is 0.285. The SMILES string of the molecule is Cc1cc2c(ccc3nnc(C)n32)n1[C@@H](C)c1ccccc1. The van der Waals surface area contributed by atoms with Crippen LogP contribution in [0.4, 0.5) is 0 Å². The second-order valence-corrected chi connectivity index (χ2v) is 5.79. The van der Waals surface area contributed by atoms with Crippen LogP contribution in [0.1, 0.15) is 30.0 Å². The van der Waals surface area contributed by atoms with E-state index in [2.05, 4.69) is 75.5 Å². The molecule has 0 saturated heterocycles. The van der Waals surface area contributed by atoms with Crippen LogP contribution in [0.3, 0.4) is 0 Å². The summed E-state index contributed by atoms with van der Waals surface area (Å²) >= 11 is 0. The summed E-state index contributed by atoms with van der Waals surface area (Å²) in [7, 11) is 0. The van der Waals surface area contributed by atoms with E-state index in [4.69, 9.17) is 0 Å². The van der Waals surface area contributed by atoms with E-state index < -0.39 is 0 Å². The lowest BCUT2D eigenvalue weighted by molar-refractivity contribution is 0.646. The third kappa shape index (κ3) is 1.77. The topological polar surface area (TPSA) is 35.1 Å². The average Bonchev–Trinajstić information content (AvgIpc) is 3.07. The van der Waals surface area contributed by atoms with Gasteiger partial charge in [-0.15, -0.1) is 10.2 Å². The van der Waals surface area contributed by atoms with E-state index >= 15 is 0 Å². The summed E-state index contributed by atoms with van der Waals surface area (Å²) in [6.07, 6.45) is 0. The van der Waals surface area contributed by atoms with Crippen LogP contribution in [-0.4, -0.2) is 19.2 Å². The molecule has 0 radical (unpaired) electrons. The maximum absolute atomic E-state index is 4.21. The van der Waals surface area contributed by atoms with Crippen LogP contribution in [-0.2, 0) is 0 Å². The van der Waals surface area contributed by atoms with E-state index in [0.717, 1.165) is 11.5 Å². The molecule has 0 amide bonds. The molecule has 4 aromatic rings. The van der Waals surface area contributed by atoms with Crippen LogP contribution in [0.2, 0.25) is 0 Å². The van der Waals surface area contributed by atoms with Gasteiger partial charge < -0.3 is 4.57 Å². The van der Waals surface area contributed by atoms with Gasteiger partial charge in [-0.1, -0.05) is 30.3 Å². The molecule has 0 aliphatic heterocycles. The van der Waals surface area contributed by atoms with Gasteiger partial charge in [-0.3, -0.25) is 4.40 Å². The number of aromatic nitrogens is 4. The molecule has 4 rings (SSSR count). The van der Waals surface area contributed by atoms with Gasteiger partial charge in [0.25, 0.3) is 0 Å². The summed E-state index contributed by atoms with van der Waals surface area (Å²) in [5.41, 5.74) is 5.83. The first-order valence-electron chi connectivity index (χ1n) is 7.54. The molecule has 0 N–H and O–H groups in total. The second-order valence-electron chi connectivity index (χ2n) is 5.79. The van der Waals surface area contributed by atoms with Gasteiger partial charge in [-0.05, 0) is 44.5 Å². The average molecular weight is 290 g/mol. The van der Waals surface area contributed by atoms with Gasteiger partial charge in [0.2, 0.25) is 0 Å². The lowest BCUT2D eigenvalue weighted by Crippen LogP contribution is -2.08. The number of pyridine rings is 1. The molecular formula is C18H18N4. The third-order valence-electron chi connectivity index (χ3n) is 4.40. The van der Waals surface area contributed by atoms with Crippen molar-refractivity contribution in [1.82, 2.24) is 19.2 Å². The van der Waals surface area contributed by atoms with Gasteiger partial charge in [0, 0.05) is 5.69 Å². The zero-order valence-electron chi connectivity index (χ0n) is 13.0. The van der Waals surface area contributed by atoms with Crippen molar-refractivity contribution in [3.8, 4) is 0 Å². The van der Waals surface area contributed by atoms with Crippen molar-refractivity contribution in [3.63, 3.8) is 0 Å². The van der Waals surface area contributed by atoms with Crippen LogP contribution in [0.15, 0.2) is 48.5 Å². The first kappa shape index (κ1) is 13.1. The van der Waals surface area contributed by atoms with Crippen molar-refractivity contribution < 1.29 is 0 Å². The number of fused-ring (bicyclic) bond motifs is 3. The molecule has 4 nitrogen and oxygen atoms in total. The Hall–Kier alpha value is -2.62. The fourth-order valence-electron chi connectivity index (χ4n) is 3.33. The van der Waals surface area contributed by atoms with Crippen molar-refractivity contribution in [2.45, 2.75) is 26.8 Å². The fraction of sp³-hybridized carbons (Fsp3) is 0.222. The lowest BCUT2D eigenvalue weighted by Gasteiger charge is -2.18. The van der Waals surface area contributed by atoms with Gasteiger partial charge in [0.15, 0.2) is 5.65 Å². The maximum Gasteiger partial charge on any atom is 0.161 e. The molecule has 22 heavy (non-hydrogen) atoms. The monoisotopic (exact) mass is 290 g/mol. The highest BCUT2D eigenvalue weighted by atomic mass is 15.2. The normalized spacial score (nSPS) is 13.0. The maximum atomic E-state index is 4.21. The first-order chi connectivity index (χ1) is 10.7. The molecule has 0 aliphatic rings. The molecule has 3 heterocycles. The Morgan fingerprint density at radius 3 is 2.45 bits per heavy atom. The van der Waals surface area contributed by atoms with E-state index in [1.807, 2.05) is 13.0 Å². The molecule has 0 unspecified atom stereocenters. The Balaban J connectivity index is 2.00. The molecule has 0 aliphatic carbocycles. The van der Waals surface area contributed by atoms with Crippen LogP contribution in [0, 0.1) is 13.8 Å². The summed E-state index contributed by atoms with van der Waals surface area (Å²) in [4.78, 5) is 0. The van der Waals surface area contributed by atoms with Gasteiger partial charge in [-0.2, -0.15) is 0 Å².